The van der Waals surface area contributed by atoms with Gasteiger partial charge in [-0.15, -0.1) is 9.24 Å². The largest absolute Gasteiger partial charge is 0.496 e. The van der Waals surface area contributed by atoms with Crippen LogP contribution in [0.1, 0.15) is 30.4 Å². The van der Waals surface area contributed by atoms with E-state index < -0.39 is 5.97 Å². The van der Waals surface area contributed by atoms with Crippen molar-refractivity contribution < 1.29 is 19.4 Å². The molecule has 0 aromatic heterocycles. The Bertz CT molecular complexity index is 1130. The van der Waals surface area contributed by atoms with Gasteiger partial charge in [0.05, 0.1) is 19.8 Å². The maximum absolute atomic E-state index is 11.1. The third-order valence-electron chi connectivity index (χ3n) is 6.80. The van der Waals surface area contributed by atoms with E-state index in [-0.39, 0.29) is 6.42 Å². The number of likely N-dealkylation sites (tertiary alicyclic amines) is 1. The molecule has 0 bridgehead atoms. The highest BCUT2D eigenvalue weighted by atomic mass is 31.0. The normalized spacial score (nSPS) is 14.9. The third kappa shape index (κ3) is 5.54. The quantitative estimate of drug-likeness (QED) is 0.415. The topological polar surface area (TPSA) is 59.0 Å². The Morgan fingerprint density at radius 1 is 1.00 bits per heavy atom. The zero-order valence-electron chi connectivity index (χ0n) is 20.0. The molecule has 180 valence electrons. The Labute approximate surface area is 204 Å². The van der Waals surface area contributed by atoms with Crippen LogP contribution in [0.3, 0.4) is 0 Å². The number of ether oxygens (including phenoxy) is 2. The van der Waals surface area contributed by atoms with Crippen molar-refractivity contribution in [3.63, 3.8) is 0 Å². The number of methoxy groups -OCH3 is 2. The number of aliphatic carboxylic acids is 1. The summed E-state index contributed by atoms with van der Waals surface area (Å²) in [6.45, 7) is 3.34. The minimum Gasteiger partial charge on any atom is -0.496 e. The van der Waals surface area contributed by atoms with Crippen molar-refractivity contribution in [2.45, 2.75) is 37.8 Å². The first-order chi connectivity index (χ1) is 16.5. The Hall–Kier alpha value is -2.62. The first-order valence-corrected chi connectivity index (χ1v) is 12.6. The van der Waals surface area contributed by atoms with Crippen LogP contribution in [0.25, 0.3) is 21.9 Å². The maximum atomic E-state index is 11.1. The first kappa shape index (κ1) is 24.5. The van der Waals surface area contributed by atoms with Crippen molar-refractivity contribution >= 4 is 26.0 Å². The molecule has 1 heterocycles. The molecule has 5 nitrogen and oxygen atoms in total. The van der Waals surface area contributed by atoms with Gasteiger partial charge >= 0.3 is 5.97 Å². The molecule has 1 N–H and O–H groups in total. The molecule has 4 rings (SSSR count). The fraction of sp³-hybridized carbons (Fsp3) is 0.393. The molecule has 1 fully saturated rings. The number of fused-ring (bicyclic) bond motifs is 1. The molecule has 0 radical (unpaired) electrons. The fourth-order valence-electron chi connectivity index (χ4n) is 4.89. The standard InChI is InChI=1S/C28H34NO4P/c1-32-25-17-19(11-14-29-15-12-21(34)13-16-29)18-26(33-2)28(25)24-8-4-6-22-20(9-10-27(30)31)5-3-7-23(22)24/h3-8,17-18,21H,9-16,34H2,1-2H3,(H,30,31). The smallest absolute Gasteiger partial charge is 0.303 e. The minimum atomic E-state index is -0.787. The average Bonchev–Trinajstić information content (AvgIpc) is 2.86. The van der Waals surface area contributed by atoms with Crippen molar-refractivity contribution in [1.82, 2.24) is 4.90 Å². The van der Waals surface area contributed by atoms with E-state index in [2.05, 4.69) is 44.5 Å². The van der Waals surface area contributed by atoms with Gasteiger partial charge in [0.25, 0.3) is 0 Å². The number of hydrogen-bond donors (Lipinski definition) is 1. The van der Waals surface area contributed by atoms with E-state index in [1.807, 2.05) is 18.2 Å². The van der Waals surface area contributed by atoms with Crippen LogP contribution in [0.15, 0.2) is 48.5 Å². The van der Waals surface area contributed by atoms with Crippen molar-refractivity contribution in [3.05, 3.63) is 59.7 Å². The van der Waals surface area contributed by atoms with Gasteiger partial charge in [0.2, 0.25) is 0 Å². The van der Waals surface area contributed by atoms with Gasteiger partial charge in [-0.1, -0.05) is 36.4 Å². The number of nitrogens with zero attached hydrogens (tertiary/aromatic N) is 1. The molecule has 3 aromatic rings. The van der Waals surface area contributed by atoms with Gasteiger partial charge in [0.1, 0.15) is 11.5 Å². The molecular weight excluding hydrogens is 445 g/mol. The number of carbonyl (C=O) groups is 1. The summed E-state index contributed by atoms with van der Waals surface area (Å²) in [6.07, 6.45) is 4.04. The molecule has 0 saturated carbocycles. The van der Waals surface area contributed by atoms with Crippen molar-refractivity contribution in [3.8, 4) is 22.6 Å². The monoisotopic (exact) mass is 479 g/mol. The molecule has 1 atom stereocenters. The number of rotatable bonds is 9. The van der Waals surface area contributed by atoms with E-state index in [4.69, 9.17) is 14.6 Å². The number of carboxylic acids is 1. The summed E-state index contributed by atoms with van der Waals surface area (Å²) in [5.74, 6) is 0.799. The minimum absolute atomic E-state index is 0.111. The number of carboxylic acid groups (broad SMARTS) is 1. The van der Waals surface area contributed by atoms with E-state index in [1.54, 1.807) is 14.2 Å². The third-order valence-corrected chi connectivity index (χ3v) is 7.47. The molecule has 1 unspecified atom stereocenters. The first-order valence-electron chi connectivity index (χ1n) is 12.0. The molecule has 0 aliphatic carbocycles. The molecule has 6 heteroatoms. The summed E-state index contributed by atoms with van der Waals surface area (Å²) in [4.78, 5) is 13.7. The van der Waals surface area contributed by atoms with Gasteiger partial charge in [-0.2, -0.15) is 0 Å². The van der Waals surface area contributed by atoms with Crippen LogP contribution in [0.5, 0.6) is 11.5 Å². The maximum Gasteiger partial charge on any atom is 0.303 e. The summed E-state index contributed by atoms with van der Waals surface area (Å²) in [5, 5.41) is 11.3. The molecule has 0 spiro atoms. The second-order valence-electron chi connectivity index (χ2n) is 9.02. The summed E-state index contributed by atoms with van der Waals surface area (Å²) in [5.41, 5.74) is 4.94. The van der Waals surface area contributed by atoms with Crippen LogP contribution in [0.2, 0.25) is 0 Å². The van der Waals surface area contributed by atoms with Crippen LogP contribution in [-0.2, 0) is 17.6 Å². The lowest BCUT2D eigenvalue weighted by Crippen LogP contribution is -2.35. The lowest BCUT2D eigenvalue weighted by Gasteiger charge is -2.30. The van der Waals surface area contributed by atoms with Crippen LogP contribution < -0.4 is 9.47 Å². The number of piperidine rings is 1. The Balaban J connectivity index is 1.68. The second kappa shape index (κ2) is 11.2. The van der Waals surface area contributed by atoms with Crippen molar-refractivity contribution in [2.75, 3.05) is 33.9 Å². The van der Waals surface area contributed by atoms with E-state index in [1.165, 1.54) is 18.4 Å². The van der Waals surface area contributed by atoms with Gasteiger partial charge in [-0.25, -0.2) is 0 Å². The van der Waals surface area contributed by atoms with Gasteiger partial charge < -0.3 is 19.5 Å². The Kier molecular flexibility index (Phi) is 8.07. The van der Waals surface area contributed by atoms with Crippen molar-refractivity contribution in [2.24, 2.45) is 0 Å². The lowest BCUT2D eigenvalue weighted by atomic mass is 9.92. The Morgan fingerprint density at radius 2 is 1.65 bits per heavy atom. The highest BCUT2D eigenvalue weighted by molar-refractivity contribution is 7.17. The summed E-state index contributed by atoms with van der Waals surface area (Å²) in [7, 11) is 6.37. The van der Waals surface area contributed by atoms with Crippen LogP contribution in [-0.4, -0.2) is 55.5 Å². The predicted octanol–water partition coefficient (Wildman–Crippen LogP) is 5.42. The molecule has 1 saturated heterocycles. The second-order valence-corrected chi connectivity index (χ2v) is 9.96. The van der Waals surface area contributed by atoms with Crippen molar-refractivity contribution in [1.29, 1.82) is 0 Å². The molecule has 34 heavy (non-hydrogen) atoms. The summed E-state index contributed by atoms with van der Waals surface area (Å²) < 4.78 is 11.7. The summed E-state index contributed by atoms with van der Waals surface area (Å²) >= 11 is 0. The summed E-state index contributed by atoms with van der Waals surface area (Å²) in [6, 6.07) is 16.5. The zero-order chi connectivity index (χ0) is 24.1. The van der Waals surface area contributed by atoms with Crippen LogP contribution in [0.4, 0.5) is 0 Å². The fourth-order valence-corrected chi connectivity index (χ4v) is 5.19. The predicted molar refractivity (Wildman–Crippen MR) is 141 cm³/mol. The van der Waals surface area contributed by atoms with Gasteiger partial charge in [-0.05, 0) is 84.0 Å². The van der Waals surface area contributed by atoms with Crippen LogP contribution >= 0.6 is 9.24 Å². The van der Waals surface area contributed by atoms with E-state index in [0.717, 1.165) is 70.7 Å². The lowest BCUT2D eigenvalue weighted by molar-refractivity contribution is -0.136. The molecule has 0 amide bonds. The molecule has 1 aliphatic heterocycles. The average molecular weight is 480 g/mol. The van der Waals surface area contributed by atoms with Gasteiger partial charge in [0.15, 0.2) is 0 Å². The number of hydrogen-bond acceptors (Lipinski definition) is 4. The molecular formula is C28H34NO4P. The van der Waals surface area contributed by atoms with Gasteiger partial charge in [0, 0.05) is 13.0 Å². The van der Waals surface area contributed by atoms with E-state index in [9.17, 15) is 4.79 Å². The number of benzene rings is 3. The van der Waals surface area contributed by atoms with E-state index in [0.29, 0.717) is 6.42 Å². The molecule has 1 aliphatic rings. The van der Waals surface area contributed by atoms with Gasteiger partial charge in [-0.3, -0.25) is 4.79 Å². The SMILES string of the molecule is COc1cc(CCN2CCC(P)CC2)cc(OC)c1-c1cccc2c(CCC(=O)O)cccc12. The van der Waals surface area contributed by atoms with E-state index >= 15 is 0 Å². The Morgan fingerprint density at radius 3 is 2.29 bits per heavy atom. The zero-order valence-corrected chi connectivity index (χ0v) is 21.2. The number of aryl methyl sites for hydroxylation is 1. The highest BCUT2D eigenvalue weighted by Gasteiger charge is 2.19. The van der Waals surface area contributed by atoms with Crippen LogP contribution in [0, 0.1) is 0 Å². The highest BCUT2D eigenvalue weighted by Crippen LogP contribution is 2.43. The molecule has 3 aromatic carbocycles.